The third-order valence-electron chi connectivity index (χ3n) is 3.12. The molecule has 1 aliphatic rings. The van der Waals surface area contributed by atoms with E-state index >= 15 is 0 Å². The Morgan fingerprint density at radius 3 is 2.89 bits per heavy atom. The highest BCUT2D eigenvalue weighted by Crippen LogP contribution is 2.19. The van der Waals surface area contributed by atoms with E-state index in [9.17, 15) is 14.1 Å². The first kappa shape index (κ1) is 14.0. The summed E-state index contributed by atoms with van der Waals surface area (Å²) in [4.78, 5) is 14.3. The summed E-state index contributed by atoms with van der Waals surface area (Å²) < 4.78 is 11.6. The predicted molar refractivity (Wildman–Crippen MR) is 74.6 cm³/mol. The maximum absolute atomic E-state index is 12.1. The summed E-state index contributed by atoms with van der Waals surface area (Å²) in [6, 6.07) is 6.79. The van der Waals surface area contributed by atoms with E-state index in [1.165, 1.54) is 0 Å². The largest absolute Gasteiger partial charge is 0.391 e. The lowest BCUT2D eigenvalue weighted by Gasteiger charge is -2.30. The summed E-state index contributed by atoms with van der Waals surface area (Å²) in [5.74, 6) is 0. The fourth-order valence-corrected chi connectivity index (χ4v) is 2.85. The molecule has 1 heterocycles. The summed E-state index contributed by atoms with van der Waals surface area (Å²) in [5, 5.41) is 12.3. The van der Waals surface area contributed by atoms with Gasteiger partial charge in [0.25, 0.3) is 0 Å². The normalized spacial score (nSPS) is 20.9. The molecule has 5 nitrogen and oxygen atoms in total. The Hall–Kier alpha value is -1.40. The number of piperidine rings is 1. The molecule has 0 unspecified atom stereocenters. The van der Waals surface area contributed by atoms with Gasteiger partial charge in [-0.3, -0.25) is 4.21 Å². The van der Waals surface area contributed by atoms with Crippen LogP contribution in [0, 0.1) is 0 Å². The molecule has 1 fully saturated rings. The molecule has 6 heteroatoms. The molecule has 0 saturated carbocycles. The Morgan fingerprint density at radius 1 is 1.47 bits per heavy atom. The Labute approximate surface area is 115 Å². The number of aliphatic hydroxyl groups is 1. The van der Waals surface area contributed by atoms with Crippen LogP contribution in [-0.4, -0.2) is 45.7 Å². The first-order chi connectivity index (χ1) is 9.08. The third-order valence-corrected chi connectivity index (χ3v) is 4.10. The van der Waals surface area contributed by atoms with E-state index in [4.69, 9.17) is 0 Å². The van der Waals surface area contributed by atoms with Gasteiger partial charge in [-0.05, 0) is 25.0 Å². The Morgan fingerprint density at radius 2 is 2.21 bits per heavy atom. The molecular weight excluding hydrogens is 264 g/mol. The van der Waals surface area contributed by atoms with Crippen LogP contribution in [0.1, 0.15) is 12.8 Å². The van der Waals surface area contributed by atoms with Crippen LogP contribution in [0.5, 0.6) is 0 Å². The molecule has 1 saturated heterocycles. The summed E-state index contributed by atoms with van der Waals surface area (Å²) in [7, 11) is -1.15. The number of anilines is 1. The molecule has 2 rings (SSSR count). The van der Waals surface area contributed by atoms with Gasteiger partial charge in [-0.25, -0.2) is 4.79 Å². The van der Waals surface area contributed by atoms with Gasteiger partial charge >= 0.3 is 6.03 Å². The predicted octanol–water partition coefficient (Wildman–Crippen LogP) is 1.41. The quantitative estimate of drug-likeness (QED) is 0.861. The lowest BCUT2D eigenvalue weighted by molar-refractivity contribution is 0.0883. The van der Waals surface area contributed by atoms with Crippen molar-refractivity contribution in [1.29, 1.82) is 0 Å². The lowest BCUT2D eigenvalue weighted by Crippen LogP contribution is -2.44. The SMILES string of the molecule is C[S@](=O)c1ccccc1NC(=O)N1CCC[C@@H](O)C1. The van der Waals surface area contributed by atoms with Crippen molar-refractivity contribution in [3.8, 4) is 0 Å². The van der Waals surface area contributed by atoms with Crippen molar-refractivity contribution < 1.29 is 14.1 Å². The number of nitrogens with zero attached hydrogens (tertiary/aromatic N) is 1. The molecule has 1 aliphatic heterocycles. The second kappa shape index (κ2) is 6.16. The van der Waals surface area contributed by atoms with Gasteiger partial charge in [-0.1, -0.05) is 12.1 Å². The number of hydrogen-bond donors (Lipinski definition) is 2. The van der Waals surface area contributed by atoms with Crippen LogP contribution in [0.25, 0.3) is 0 Å². The minimum Gasteiger partial charge on any atom is -0.391 e. The first-order valence-electron chi connectivity index (χ1n) is 6.24. The van der Waals surface area contributed by atoms with Crippen molar-refractivity contribution >= 4 is 22.5 Å². The zero-order valence-electron chi connectivity index (χ0n) is 10.8. The van der Waals surface area contributed by atoms with Crippen molar-refractivity contribution in [3.05, 3.63) is 24.3 Å². The van der Waals surface area contributed by atoms with Crippen molar-refractivity contribution in [3.63, 3.8) is 0 Å². The van der Waals surface area contributed by atoms with Crippen LogP contribution in [0.15, 0.2) is 29.2 Å². The van der Waals surface area contributed by atoms with E-state index < -0.39 is 16.9 Å². The van der Waals surface area contributed by atoms with Gasteiger partial charge in [0.05, 0.1) is 27.5 Å². The van der Waals surface area contributed by atoms with Gasteiger partial charge in [0.15, 0.2) is 0 Å². The van der Waals surface area contributed by atoms with Gasteiger partial charge in [0, 0.05) is 19.3 Å². The summed E-state index contributed by atoms with van der Waals surface area (Å²) in [6.07, 6.45) is 2.67. The number of rotatable bonds is 2. The zero-order chi connectivity index (χ0) is 13.8. The van der Waals surface area contributed by atoms with E-state index in [1.807, 2.05) is 0 Å². The second-order valence-electron chi connectivity index (χ2n) is 4.62. The van der Waals surface area contributed by atoms with E-state index in [1.54, 1.807) is 35.4 Å². The summed E-state index contributed by atoms with van der Waals surface area (Å²) in [5.41, 5.74) is 0.563. The number of hydrogen-bond acceptors (Lipinski definition) is 3. The summed E-state index contributed by atoms with van der Waals surface area (Å²) in [6.45, 7) is 0.990. The Balaban J connectivity index is 2.08. The highest BCUT2D eigenvalue weighted by molar-refractivity contribution is 7.84. The van der Waals surface area contributed by atoms with Crippen LogP contribution in [0.2, 0.25) is 0 Å². The molecule has 2 amide bonds. The fourth-order valence-electron chi connectivity index (χ4n) is 2.15. The van der Waals surface area contributed by atoms with Crippen molar-refractivity contribution in [1.82, 2.24) is 4.90 Å². The van der Waals surface area contributed by atoms with Gasteiger partial charge in [-0.2, -0.15) is 0 Å². The maximum Gasteiger partial charge on any atom is 0.321 e. The molecule has 0 aromatic heterocycles. The summed E-state index contributed by atoms with van der Waals surface area (Å²) >= 11 is 0. The van der Waals surface area contributed by atoms with E-state index in [2.05, 4.69) is 5.32 Å². The molecule has 19 heavy (non-hydrogen) atoms. The molecule has 2 atom stereocenters. The average Bonchev–Trinajstić information content (AvgIpc) is 2.39. The van der Waals surface area contributed by atoms with Crippen LogP contribution in [0.4, 0.5) is 10.5 Å². The first-order valence-corrected chi connectivity index (χ1v) is 7.80. The molecule has 0 radical (unpaired) electrons. The van der Waals surface area contributed by atoms with E-state index in [0.717, 1.165) is 12.8 Å². The number of amides is 2. The van der Waals surface area contributed by atoms with Crippen LogP contribution in [0.3, 0.4) is 0 Å². The Bertz CT molecular complexity index is 493. The number of carbonyl (C=O) groups is 1. The third kappa shape index (κ3) is 3.54. The molecule has 0 bridgehead atoms. The van der Waals surface area contributed by atoms with E-state index in [-0.39, 0.29) is 6.03 Å². The highest BCUT2D eigenvalue weighted by atomic mass is 32.2. The van der Waals surface area contributed by atoms with Gasteiger partial charge in [0.2, 0.25) is 0 Å². The van der Waals surface area contributed by atoms with Crippen molar-refractivity contribution in [2.45, 2.75) is 23.8 Å². The minimum atomic E-state index is -1.15. The number of nitrogens with one attached hydrogen (secondary N) is 1. The number of para-hydroxylation sites is 1. The van der Waals surface area contributed by atoms with Crippen molar-refractivity contribution in [2.75, 3.05) is 24.7 Å². The average molecular weight is 282 g/mol. The molecule has 0 aliphatic carbocycles. The number of carbonyl (C=O) groups excluding carboxylic acids is 1. The van der Waals surface area contributed by atoms with Crippen LogP contribution in [-0.2, 0) is 10.8 Å². The smallest absolute Gasteiger partial charge is 0.321 e. The standard InChI is InChI=1S/C13H18N2O3S/c1-19(18)12-7-3-2-6-11(12)14-13(17)15-8-4-5-10(16)9-15/h2-3,6-7,10,16H,4-5,8-9H2,1H3,(H,14,17)/t10-,19+/m1/s1. The molecule has 104 valence electrons. The van der Waals surface area contributed by atoms with Gasteiger partial charge in [-0.15, -0.1) is 0 Å². The number of benzene rings is 1. The maximum atomic E-state index is 12.1. The Kier molecular flexibility index (Phi) is 4.55. The number of urea groups is 1. The number of aliphatic hydroxyl groups excluding tert-OH is 1. The van der Waals surface area contributed by atoms with Gasteiger partial charge < -0.3 is 15.3 Å². The fraction of sp³-hybridized carbons (Fsp3) is 0.462. The topological polar surface area (TPSA) is 69.6 Å². The lowest BCUT2D eigenvalue weighted by atomic mass is 10.1. The molecular formula is C13H18N2O3S. The van der Waals surface area contributed by atoms with Crippen LogP contribution < -0.4 is 5.32 Å². The molecule has 1 aromatic rings. The highest BCUT2D eigenvalue weighted by Gasteiger charge is 2.22. The van der Waals surface area contributed by atoms with Crippen molar-refractivity contribution in [2.24, 2.45) is 0 Å². The zero-order valence-corrected chi connectivity index (χ0v) is 11.7. The minimum absolute atomic E-state index is 0.253. The second-order valence-corrected chi connectivity index (χ2v) is 5.97. The molecule has 0 spiro atoms. The van der Waals surface area contributed by atoms with Gasteiger partial charge in [0.1, 0.15) is 0 Å². The number of likely N-dealkylation sites (tertiary alicyclic amines) is 1. The van der Waals surface area contributed by atoms with Crippen LogP contribution >= 0.6 is 0 Å². The molecule has 2 N–H and O–H groups in total. The number of β-amino-alcohol motifs (C(OH)–C–C–N with tert-alkyl or cyclic N) is 1. The molecule has 1 aromatic carbocycles. The van der Waals surface area contributed by atoms with E-state index in [0.29, 0.717) is 23.7 Å². The monoisotopic (exact) mass is 282 g/mol.